The molecule has 11 aromatic carbocycles. The third kappa shape index (κ3) is 5.46. The lowest BCUT2D eigenvalue weighted by atomic mass is 9.82. The SMILES string of the molecule is c1ccc(-c2cc3ccccc3c3cc4c(-c5ccc6c7ccccc7n(-c7ccccc7)c6c5)c5ccccc5c(-c5ccc6c(c5)C([n+]5ccccc5)c5ccccc5-6)c4cc23)cc1. The Kier molecular flexibility index (Phi) is 8.08. The Morgan fingerprint density at radius 3 is 1.67 bits per heavy atom. The maximum atomic E-state index is 2.52. The minimum atomic E-state index is 0.0640. The van der Waals surface area contributed by atoms with Crippen molar-refractivity contribution in [3.63, 3.8) is 0 Å². The zero-order valence-corrected chi connectivity index (χ0v) is 36.1. The number of benzene rings is 11. The molecule has 2 heterocycles. The number of nitrogens with zero attached hydrogens (tertiary/aromatic N) is 2. The molecule has 0 bridgehead atoms. The summed E-state index contributed by atoms with van der Waals surface area (Å²) in [5.74, 6) is 0. The van der Waals surface area contributed by atoms with E-state index < -0.39 is 0 Å². The average Bonchev–Trinajstić information content (AvgIpc) is 3.90. The van der Waals surface area contributed by atoms with Crippen LogP contribution in [0.4, 0.5) is 0 Å². The van der Waals surface area contributed by atoms with Crippen molar-refractivity contribution in [2.75, 3.05) is 0 Å². The van der Waals surface area contributed by atoms with Crippen LogP contribution in [0.15, 0.2) is 243 Å². The molecule has 0 saturated carbocycles. The van der Waals surface area contributed by atoms with Gasteiger partial charge >= 0.3 is 0 Å². The molecule has 2 aromatic heterocycles. The summed E-state index contributed by atoms with van der Waals surface area (Å²) in [5, 5.41) is 12.5. The van der Waals surface area contributed by atoms with Gasteiger partial charge in [-0.3, -0.25) is 0 Å². The van der Waals surface area contributed by atoms with Crippen LogP contribution in [0.25, 0.3) is 115 Å². The van der Waals surface area contributed by atoms with E-state index in [2.05, 4.69) is 252 Å². The van der Waals surface area contributed by atoms with Gasteiger partial charge in [-0.2, -0.15) is 4.57 Å². The summed E-state index contributed by atoms with van der Waals surface area (Å²) >= 11 is 0. The van der Waals surface area contributed by atoms with Gasteiger partial charge < -0.3 is 4.57 Å². The molecule has 2 heteroatoms. The molecule has 1 aliphatic carbocycles. The van der Waals surface area contributed by atoms with Crippen molar-refractivity contribution in [2.45, 2.75) is 6.04 Å². The average molecular weight is 838 g/mol. The van der Waals surface area contributed by atoms with Crippen LogP contribution in [0.1, 0.15) is 17.2 Å². The van der Waals surface area contributed by atoms with Crippen molar-refractivity contribution < 1.29 is 4.57 Å². The van der Waals surface area contributed by atoms with Gasteiger partial charge in [-0.15, -0.1) is 0 Å². The van der Waals surface area contributed by atoms with Gasteiger partial charge in [-0.25, -0.2) is 0 Å². The fraction of sp³-hybridized carbons (Fsp3) is 0.0156. The molecule has 0 spiro atoms. The van der Waals surface area contributed by atoms with E-state index in [0.29, 0.717) is 0 Å². The number of para-hydroxylation sites is 2. The topological polar surface area (TPSA) is 8.81 Å². The van der Waals surface area contributed by atoms with Crippen LogP contribution >= 0.6 is 0 Å². The van der Waals surface area contributed by atoms with Gasteiger partial charge in [0.25, 0.3) is 0 Å². The summed E-state index contributed by atoms with van der Waals surface area (Å²) in [5.41, 5.74) is 16.2. The van der Waals surface area contributed by atoms with Gasteiger partial charge in [0.15, 0.2) is 12.4 Å². The van der Waals surface area contributed by atoms with Crippen LogP contribution in [-0.2, 0) is 0 Å². The van der Waals surface area contributed by atoms with E-state index >= 15 is 0 Å². The molecule has 1 aliphatic rings. The van der Waals surface area contributed by atoms with Gasteiger partial charge in [-0.05, 0) is 136 Å². The molecule has 0 aliphatic heterocycles. The zero-order chi connectivity index (χ0) is 43.3. The predicted octanol–water partition coefficient (Wildman–Crippen LogP) is 16.3. The minimum Gasteiger partial charge on any atom is -0.309 e. The molecule has 0 N–H and O–H groups in total. The van der Waals surface area contributed by atoms with Crippen LogP contribution in [-0.4, -0.2) is 4.57 Å². The number of fused-ring (bicyclic) bond motifs is 11. The Balaban J connectivity index is 1.13. The van der Waals surface area contributed by atoms with Crippen molar-refractivity contribution in [2.24, 2.45) is 0 Å². The molecule has 0 radical (unpaired) electrons. The predicted molar refractivity (Wildman–Crippen MR) is 276 cm³/mol. The Hall–Kier alpha value is -8.59. The van der Waals surface area contributed by atoms with E-state index in [1.807, 2.05) is 0 Å². The number of aromatic nitrogens is 2. The van der Waals surface area contributed by atoms with Crippen LogP contribution < -0.4 is 4.57 Å². The summed E-state index contributed by atoms with van der Waals surface area (Å²) in [6, 6.07) is 85.8. The third-order valence-electron chi connectivity index (χ3n) is 14.3. The highest BCUT2D eigenvalue weighted by molar-refractivity contribution is 6.27. The molecule has 2 nitrogen and oxygen atoms in total. The number of rotatable bonds is 5. The zero-order valence-electron chi connectivity index (χ0n) is 36.1. The summed E-state index contributed by atoms with van der Waals surface area (Å²) in [4.78, 5) is 0. The molecule has 0 fully saturated rings. The van der Waals surface area contributed by atoms with Gasteiger partial charge in [0.2, 0.25) is 6.04 Å². The quantitative estimate of drug-likeness (QED) is 0.0928. The van der Waals surface area contributed by atoms with Crippen molar-refractivity contribution in [1.29, 1.82) is 0 Å². The van der Waals surface area contributed by atoms with E-state index in [9.17, 15) is 0 Å². The van der Waals surface area contributed by atoms with E-state index in [0.717, 1.165) is 5.69 Å². The van der Waals surface area contributed by atoms with Crippen molar-refractivity contribution in [3.05, 3.63) is 254 Å². The number of pyridine rings is 1. The fourth-order valence-corrected chi connectivity index (χ4v) is 11.5. The molecule has 0 amide bonds. The largest absolute Gasteiger partial charge is 0.309 e. The molecular weight excluding hydrogens is 797 g/mol. The van der Waals surface area contributed by atoms with E-state index in [1.165, 1.54) is 121 Å². The molecule has 13 aromatic rings. The third-order valence-corrected chi connectivity index (χ3v) is 14.3. The Bertz CT molecular complexity index is 4090. The Morgan fingerprint density at radius 2 is 0.879 bits per heavy atom. The second kappa shape index (κ2) is 14.5. The van der Waals surface area contributed by atoms with Crippen molar-refractivity contribution in [3.8, 4) is 50.2 Å². The lowest BCUT2D eigenvalue weighted by Gasteiger charge is -2.21. The highest BCUT2D eigenvalue weighted by atomic mass is 15.0. The normalized spacial score (nSPS) is 13.3. The Labute approximate surface area is 382 Å². The van der Waals surface area contributed by atoms with Crippen LogP contribution in [0.5, 0.6) is 0 Å². The first-order valence-electron chi connectivity index (χ1n) is 22.9. The minimum absolute atomic E-state index is 0.0640. The number of hydrogen-bond donors (Lipinski definition) is 0. The molecule has 14 rings (SSSR count). The van der Waals surface area contributed by atoms with E-state index in [4.69, 9.17) is 0 Å². The highest BCUT2D eigenvalue weighted by Gasteiger charge is 2.35. The fourth-order valence-electron chi connectivity index (χ4n) is 11.5. The van der Waals surface area contributed by atoms with Crippen molar-refractivity contribution >= 4 is 64.9 Å². The van der Waals surface area contributed by atoms with Gasteiger partial charge in [-0.1, -0.05) is 170 Å². The van der Waals surface area contributed by atoms with Crippen molar-refractivity contribution in [1.82, 2.24) is 4.57 Å². The summed E-state index contributed by atoms with van der Waals surface area (Å²) in [6.45, 7) is 0. The molecule has 66 heavy (non-hydrogen) atoms. The first kappa shape index (κ1) is 36.8. The molecular formula is C64H41N2+. The van der Waals surface area contributed by atoms with Gasteiger partial charge in [0.1, 0.15) is 0 Å². The Morgan fingerprint density at radius 1 is 0.303 bits per heavy atom. The molecule has 1 unspecified atom stereocenters. The second-order valence-corrected chi connectivity index (χ2v) is 17.8. The lowest BCUT2D eigenvalue weighted by Crippen LogP contribution is -2.38. The monoisotopic (exact) mass is 837 g/mol. The molecule has 306 valence electrons. The van der Waals surface area contributed by atoms with E-state index in [-0.39, 0.29) is 6.04 Å². The van der Waals surface area contributed by atoms with Gasteiger partial charge in [0, 0.05) is 39.7 Å². The summed E-state index contributed by atoms with van der Waals surface area (Å²) in [7, 11) is 0. The maximum absolute atomic E-state index is 2.52. The standard InChI is InChI=1S/C64H41N2/c1-4-18-41(19-5-1)54-36-42-20-8-9-23-46(42)55-39-57-58(40-56(54)55)62(43-30-32-48-47-24-10-13-28-53(47)64(59(48)37-43)65-34-16-3-17-35-65)51-26-11-12-27-52(51)63(57)44-31-33-50-49-25-14-15-29-60(49)66(61(50)38-44)45-21-6-2-7-22-45/h1-40,64H/q+1. The summed E-state index contributed by atoms with van der Waals surface area (Å²) in [6.07, 6.45) is 4.41. The van der Waals surface area contributed by atoms with Crippen LogP contribution in [0, 0.1) is 0 Å². The molecule has 0 saturated heterocycles. The lowest BCUT2D eigenvalue weighted by molar-refractivity contribution is -0.704. The van der Waals surface area contributed by atoms with Crippen LogP contribution in [0.2, 0.25) is 0 Å². The smallest absolute Gasteiger partial charge is 0.210 e. The molecule has 1 atom stereocenters. The van der Waals surface area contributed by atoms with Crippen LogP contribution in [0.3, 0.4) is 0 Å². The first-order chi connectivity index (χ1) is 32.8. The second-order valence-electron chi connectivity index (χ2n) is 17.8. The highest BCUT2D eigenvalue weighted by Crippen LogP contribution is 2.50. The maximum Gasteiger partial charge on any atom is 0.210 e. The first-order valence-corrected chi connectivity index (χ1v) is 22.9. The van der Waals surface area contributed by atoms with E-state index in [1.54, 1.807) is 0 Å². The van der Waals surface area contributed by atoms with Gasteiger partial charge in [0.05, 0.1) is 11.0 Å². The number of hydrogen-bond acceptors (Lipinski definition) is 0. The summed E-state index contributed by atoms with van der Waals surface area (Å²) < 4.78 is 4.80.